The molecule has 111 heavy (non-hydrogen) atoms. The molecule has 14 N–H and O–H groups in total. The molecule has 2 atom stereocenters. The largest absolute Gasteiger partial charge is 0.547 e. The number of quaternary nitrogens is 2. The third kappa shape index (κ3) is 23.0. The van der Waals surface area contributed by atoms with E-state index in [9.17, 15) is 76.9 Å². The number of rotatable bonds is 24. The van der Waals surface area contributed by atoms with E-state index in [0.29, 0.717) is 58.1 Å². The van der Waals surface area contributed by atoms with E-state index in [4.69, 9.17) is 20.5 Å². The first-order valence-corrected chi connectivity index (χ1v) is 36.3. The number of carboxylic acid groups (broad SMARTS) is 2. The molecule has 588 valence electrons. The van der Waals surface area contributed by atoms with Gasteiger partial charge in [-0.25, -0.2) is 27.1 Å². The molecule has 38 nitrogen and oxygen atoms in total. The van der Waals surface area contributed by atoms with Crippen LogP contribution < -0.4 is 50.5 Å². The van der Waals surface area contributed by atoms with Gasteiger partial charge in [0.25, 0.3) is 11.4 Å². The number of aromatic nitrogens is 8. The summed E-state index contributed by atoms with van der Waals surface area (Å²) < 4.78 is 55.2. The Kier molecular flexibility index (Phi) is 30.6. The van der Waals surface area contributed by atoms with Crippen LogP contribution in [0.4, 0.5) is 45.5 Å². The maximum Gasteiger partial charge on any atom is 0.326 e. The first-order chi connectivity index (χ1) is 51.8. The molecule has 0 amide bonds. The van der Waals surface area contributed by atoms with Crippen molar-refractivity contribution in [2.45, 2.75) is 89.5 Å². The topological polar surface area (TPSA) is 558 Å². The Morgan fingerprint density at radius 3 is 1.12 bits per heavy atom. The molecule has 0 saturated carbocycles. The summed E-state index contributed by atoms with van der Waals surface area (Å²) in [6, 6.07) is 30.6. The summed E-state index contributed by atoms with van der Waals surface area (Å²) in [4.78, 5) is 47.7. The van der Waals surface area contributed by atoms with Crippen LogP contribution in [0.15, 0.2) is 206 Å². The van der Waals surface area contributed by atoms with Gasteiger partial charge in [0.15, 0.2) is 47.5 Å². The number of benzene rings is 4. The van der Waals surface area contributed by atoms with Crippen LogP contribution in [-0.2, 0) is 59.8 Å². The second-order valence-electron chi connectivity index (χ2n) is 25.0. The number of nitrogens with two attached hydrogens (primary N) is 2. The van der Waals surface area contributed by atoms with Crippen LogP contribution in [0.25, 0.3) is 22.7 Å². The fourth-order valence-corrected chi connectivity index (χ4v) is 11.1. The average Bonchev–Trinajstić information content (AvgIpc) is 1.65. The SMILES string of the molecule is CC(O)C(=O)[O-].CC(O)C(=O)[O-].Cc1nn(-c2cccc(N=Nc3c(C)c(-[n+]4ccccc4)c(=O)n(CCC[NH+](C)C)c3O)c2)c(O)c1N=Nc1cc(S(N)(=O)=O)ccc1O.Cc1nn(-c2cccc(N=Nc3c(C)c(-[n+]4ccccc4)c(=O)n(CCC[NH+](C)C)c3O)c2)c(O)c1N=Nc1cc(S(N)(=O)=O)ccc1O.[Fe]. The summed E-state index contributed by atoms with van der Waals surface area (Å²) in [5, 5.41) is 152. The number of nitrogens with zero attached hydrogens (tertiary/aromatic N) is 16. The number of aryl methyl sites for hydroxylation is 2. The fourth-order valence-electron chi connectivity index (χ4n) is 10.0. The van der Waals surface area contributed by atoms with Crippen molar-refractivity contribution in [2.75, 3.05) is 41.3 Å². The van der Waals surface area contributed by atoms with Crippen molar-refractivity contribution in [3.8, 4) is 57.8 Å². The summed E-state index contributed by atoms with van der Waals surface area (Å²) in [7, 11) is -0.0717. The minimum absolute atomic E-state index is 0. The van der Waals surface area contributed by atoms with Gasteiger partial charge in [0, 0.05) is 67.3 Å². The minimum atomic E-state index is -4.06. The maximum absolute atomic E-state index is 13.6. The van der Waals surface area contributed by atoms with Gasteiger partial charge in [0.05, 0.1) is 120 Å². The normalized spacial score (nSPS) is 12.2. The predicted molar refractivity (Wildman–Crippen MR) is 391 cm³/mol. The molecule has 41 heteroatoms. The Bertz CT molecular complexity index is 5160. The molecule has 2 unspecified atom stereocenters. The number of azo groups is 4. The second-order valence-corrected chi connectivity index (χ2v) is 28.1. The third-order valence-electron chi connectivity index (χ3n) is 15.8. The number of primary sulfonamides is 2. The van der Waals surface area contributed by atoms with Crippen LogP contribution >= 0.6 is 0 Å². The molecule has 0 spiro atoms. The Morgan fingerprint density at radius 2 is 0.811 bits per heavy atom. The van der Waals surface area contributed by atoms with Crippen LogP contribution in [0.2, 0.25) is 0 Å². The van der Waals surface area contributed by atoms with Crippen molar-refractivity contribution >= 4 is 77.5 Å². The molecule has 0 saturated heterocycles. The quantitative estimate of drug-likeness (QED) is 0.0235. The van der Waals surface area contributed by atoms with Crippen LogP contribution in [0.3, 0.4) is 0 Å². The van der Waals surface area contributed by atoms with Crippen molar-refractivity contribution in [3.63, 3.8) is 0 Å². The molecule has 0 aliphatic heterocycles. The molecular formula is C70H82FeN20O18S2+2. The summed E-state index contributed by atoms with van der Waals surface area (Å²) in [5.41, 5.74) is 2.68. The van der Waals surface area contributed by atoms with Crippen LogP contribution in [-0.4, -0.2) is 152 Å². The van der Waals surface area contributed by atoms with Crippen molar-refractivity contribution in [3.05, 3.63) is 189 Å². The van der Waals surface area contributed by atoms with Gasteiger partial charge in [0.2, 0.25) is 43.6 Å². The maximum atomic E-state index is 13.6. The minimum Gasteiger partial charge on any atom is -0.547 e. The number of aliphatic hydroxyl groups excluding tert-OH is 2. The van der Waals surface area contributed by atoms with Gasteiger partial charge < -0.3 is 70.5 Å². The van der Waals surface area contributed by atoms with Gasteiger partial charge >= 0.3 is 11.1 Å². The van der Waals surface area contributed by atoms with E-state index in [-0.39, 0.29) is 132 Å². The zero-order chi connectivity index (χ0) is 81.2. The predicted octanol–water partition coefficient (Wildman–Crippen LogP) is 2.35. The molecule has 0 bridgehead atoms. The zero-order valence-electron chi connectivity index (χ0n) is 61.4. The molecule has 0 aliphatic rings. The van der Waals surface area contributed by atoms with Gasteiger partial charge in [-0.15, -0.1) is 30.7 Å². The Morgan fingerprint density at radius 1 is 0.486 bits per heavy atom. The standard InChI is InChI=1S/2C32H34N10O6S.2C3H6O3.Fe/c2*1-20-27(30(44)41(17-9-14-39(3)4)32(46)29(20)40-15-6-5-7-16-40)36-34-22-10-8-11-23(18-22)42-31(45)28(21(2)38-42)37-35-25-19-24(49(33,47)48)12-13-26(25)43;2*1-2(4)3(5)6;/h2*5-8,10-13,15-16,18-19H,9,14,17H2,1-4H3,(H4-,33,34,35,36,37,38,43,44,45,46,47,48);2*2,4H,1H3,(H,5,6);/p+2. The summed E-state index contributed by atoms with van der Waals surface area (Å²) >= 11 is 0. The van der Waals surface area contributed by atoms with Crippen molar-refractivity contribution in [1.82, 2.24) is 28.7 Å². The van der Waals surface area contributed by atoms with E-state index >= 15 is 0 Å². The number of aliphatic carboxylic acids is 2. The zero-order valence-corrected chi connectivity index (χ0v) is 64.1. The number of sulfonamides is 2. The number of phenolic OH excluding ortho intramolecular Hbond substituents is 2. The molecule has 10 rings (SSSR count). The van der Waals surface area contributed by atoms with Crippen LogP contribution in [0.5, 0.6) is 35.0 Å². The van der Waals surface area contributed by atoms with Crippen molar-refractivity contribution in [2.24, 2.45) is 51.2 Å². The van der Waals surface area contributed by atoms with Gasteiger partial charge in [0.1, 0.15) is 22.9 Å². The number of phenols is 2. The Labute approximate surface area is 645 Å². The van der Waals surface area contributed by atoms with Crippen LogP contribution in [0.1, 0.15) is 49.2 Å². The summed E-state index contributed by atoms with van der Waals surface area (Å²) in [6.45, 7) is 11.0. The van der Waals surface area contributed by atoms with Crippen molar-refractivity contribution in [1.29, 1.82) is 0 Å². The van der Waals surface area contributed by atoms with E-state index < -0.39 is 44.2 Å². The molecule has 10 aromatic rings. The van der Waals surface area contributed by atoms with E-state index in [1.807, 2.05) is 40.3 Å². The number of carbonyl (C=O) groups is 2. The molecule has 0 aliphatic carbocycles. The number of carbonyl (C=O) groups excluding carboxylic acids is 2. The van der Waals surface area contributed by atoms with E-state index in [0.717, 1.165) is 63.3 Å². The first-order valence-electron chi connectivity index (χ1n) is 33.2. The van der Waals surface area contributed by atoms with Gasteiger partial charge in [-0.1, -0.05) is 24.3 Å². The second kappa shape index (κ2) is 38.8. The molecule has 6 heterocycles. The Balaban J connectivity index is 0.000000299. The summed E-state index contributed by atoms with van der Waals surface area (Å²) in [6.07, 6.45) is 5.59. The molecular weight excluding hydrogens is 1530 g/mol. The summed E-state index contributed by atoms with van der Waals surface area (Å²) in [5.74, 6) is -4.94. The van der Waals surface area contributed by atoms with Gasteiger partial charge in [-0.05, 0) is 114 Å². The molecule has 4 aromatic carbocycles. The monoisotopic (exact) mass is 1610 g/mol. The molecule has 0 radical (unpaired) electrons. The van der Waals surface area contributed by atoms with E-state index in [2.05, 4.69) is 51.1 Å². The van der Waals surface area contributed by atoms with E-state index in [1.54, 1.807) is 134 Å². The average molecular weight is 1610 g/mol. The van der Waals surface area contributed by atoms with Gasteiger partial charge in [-0.2, -0.15) is 38.9 Å². The number of aliphatic hydroxyl groups is 2. The molecule has 6 aromatic heterocycles. The van der Waals surface area contributed by atoms with Crippen LogP contribution in [0, 0.1) is 27.7 Å². The fraction of sp³-hybridized carbons (Fsp3) is 0.257. The van der Waals surface area contributed by atoms with Gasteiger partial charge in [-0.3, -0.25) is 18.7 Å². The van der Waals surface area contributed by atoms with E-state index in [1.165, 1.54) is 28.3 Å². The smallest absolute Gasteiger partial charge is 0.326 e. The number of hydrogen-bond acceptors (Lipinski definition) is 28. The van der Waals surface area contributed by atoms with Crippen molar-refractivity contribution < 1.29 is 113 Å². The third-order valence-corrected chi connectivity index (χ3v) is 17.6. The molecule has 0 fully saturated rings. The Hall–Kier alpha value is -12.2. The number of carboxylic acids is 2. The number of aromatic hydroxyl groups is 6. The first kappa shape index (κ1) is 87.7. The number of nitrogens with one attached hydrogen (secondary N) is 2. The number of hydrogen-bond donors (Lipinski definition) is 12. The number of pyridine rings is 4.